The van der Waals surface area contributed by atoms with Gasteiger partial charge in [0, 0.05) is 5.02 Å². The van der Waals surface area contributed by atoms with E-state index in [1.54, 1.807) is 19.1 Å². The molecule has 88 valence electrons. The standard InChI is InChI=1S/C10H8Cl2N4O/c1-5-2-6(11)3-7(12)8(5)16-4-14-9(13)15-10(16)17/h2-4H,1H3,(H2,13,15,17). The Balaban J connectivity index is 2.73. The Kier molecular flexibility index (Phi) is 3.04. The predicted octanol–water partition coefficient (Wildman–Crippen LogP) is 1.82. The van der Waals surface area contributed by atoms with Gasteiger partial charge in [0.05, 0.1) is 10.7 Å². The molecular formula is C10H8Cl2N4O. The fourth-order valence-electron chi connectivity index (χ4n) is 1.50. The maximum absolute atomic E-state index is 11.7. The molecule has 0 fully saturated rings. The lowest BCUT2D eigenvalue weighted by Crippen LogP contribution is -2.24. The molecule has 0 saturated carbocycles. The number of nitrogens with zero attached hydrogens (tertiary/aromatic N) is 3. The van der Waals surface area contributed by atoms with Crippen molar-refractivity contribution in [2.45, 2.75) is 6.92 Å². The zero-order valence-electron chi connectivity index (χ0n) is 8.82. The number of anilines is 1. The largest absolute Gasteiger partial charge is 0.368 e. The van der Waals surface area contributed by atoms with Gasteiger partial charge in [-0.3, -0.25) is 0 Å². The number of hydrogen-bond donors (Lipinski definition) is 1. The van der Waals surface area contributed by atoms with E-state index in [1.165, 1.54) is 10.9 Å². The smallest absolute Gasteiger partial charge is 0.356 e. The summed E-state index contributed by atoms with van der Waals surface area (Å²) in [5.74, 6) is -0.0750. The van der Waals surface area contributed by atoms with Gasteiger partial charge in [0.25, 0.3) is 0 Å². The van der Waals surface area contributed by atoms with E-state index >= 15 is 0 Å². The predicted molar refractivity (Wildman–Crippen MR) is 66.8 cm³/mol. The summed E-state index contributed by atoms with van der Waals surface area (Å²) >= 11 is 11.9. The first-order chi connectivity index (χ1) is 7.99. The molecule has 0 aliphatic rings. The van der Waals surface area contributed by atoms with Gasteiger partial charge in [0.15, 0.2) is 0 Å². The minimum absolute atomic E-state index is 0.0750. The lowest BCUT2D eigenvalue weighted by molar-refractivity contribution is 0.862. The summed E-state index contributed by atoms with van der Waals surface area (Å²) in [5.41, 5.74) is 6.03. The van der Waals surface area contributed by atoms with Gasteiger partial charge in [0.1, 0.15) is 6.33 Å². The second-order valence-electron chi connectivity index (χ2n) is 3.42. The zero-order valence-corrected chi connectivity index (χ0v) is 10.3. The Morgan fingerprint density at radius 2 is 2.06 bits per heavy atom. The third-order valence-electron chi connectivity index (χ3n) is 2.18. The average molecular weight is 271 g/mol. The molecular weight excluding hydrogens is 263 g/mol. The first kappa shape index (κ1) is 11.9. The van der Waals surface area contributed by atoms with Crippen molar-refractivity contribution < 1.29 is 0 Å². The van der Waals surface area contributed by atoms with Gasteiger partial charge >= 0.3 is 5.69 Å². The Morgan fingerprint density at radius 1 is 1.35 bits per heavy atom. The summed E-state index contributed by atoms with van der Waals surface area (Å²) < 4.78 is 1.23. The van der Waals surface area contributed by atoms with Crippen molar-refractivity contribution in [3.63, 3.8) is 0 Å². The summed E-state index contributed by atoms with van der Waals surface area (Å²) in [5, 5.41) is 0.853. The van der Waals surface area contributed by atoms with E-state index in [0.717, 1.165) is 5.56 Å². The number of rotatable bonds is 1. The average Bonchev–Trinajstić information content (AvgIpc) is 2.19. The molecule has 17 heavy (non-hydrogen) atoms. The molecule has 0 bridgehead atoms. The highest BCUT2D eigenvalue weighted by molar-refractivity contribution is 6.36. The van der Waals surface area contributed by atoms with Crippen LogP contribution in [0.4, 0.5) is 5.95 Å². The van der Waals surface area contributed by atoms with E-state index in [4.69, 9.17) is 28.9 Å². The van der Waals surface area contributed by atoms with Crippen LogP contribution in [-0.2, 0) is 0 Å². The minimum atomic E-state index is -0.537. The molecule has 0 unspecified atom stereocenters. The molecule has 0 saturated heterocycles. The molecule has 1 heterocycles. The van der Waals surface area contributed by atoms with Crippen LogP contribution in [0.25, 0.3) is 5.69 Å². The number of benzene rings is 1. The van der Waals surface area contributed by atoms with Gasteiger partial charge in [-0.15, -0.1) is 0 Å². The molecule has 5 nitrogen and oxygen atoms in total. The molecule has 7 heteroatoms. The van der Waals surface area contributed by atoms with E-state index in [0.29, 0.717) is 15.7 Å². The van der Waals surface area contributed by atoms with Gasteiger partial charge in [0.2, 0.25) is 5.95 Å². The number of nitrogens with two attached hydrogens (primary N) is 1. The van der Waals surface area contributed by atoms with E-state index < -0.39 is 5.69 Å². The first-order valence-corrected chi connectivity index (χ1v) is 5.42. The van der Waals surface area contributed by atoms with Gasteiger partial charge in [-0.1, -0.05) is 23.2 Å². The van der Waals surface area contributed by atoms with Crippen molar-refractivity contribution >= 4 is 29.2 Å². The van der Waals surface area contributed by atoms with Gasteiger partial charge < -0.3 is 5.73 Å². The second-order valence-corrected chi connectivity index (χ2v) is 4.26. The number of aromatic nitrogens is 3. The van der Waals surface area contributed by atoms with Crippen LogP contribution in [0.1, 0.15) is 5.56 Å². The van der Waals surface area contributed by atoms with Crippen molar-refractivity contribution in [2.24, 2.45) is 0 Å². The molecule has 0 aliphatic heterocycles. The number of aryl methyl sites for hydroxylation is 1. The summed E-state index contributed by atoms with van der Waals surface area (Å²) in [6.45, 7) is 1.79. The highest BCUT2D eigenvalue weighted by Gasteiger charge is 2.10. The lowest BCUT2D eigenvalue weighted by Gasteiger charge is -2.10. The van der Waals surface area contributed by atoms with Gasteiger partial charge in [-0.05, 0) is 24.6 Å². The molecule has 0 atom stereocenters. The van der Waals surface area contributed by atoms with Crippen LogP contribution in [-0.4, -0.2) is 14.5 Å². The molecule has 2 aromatic rings. The number of halogens is 2. The van der Waals surface area contributed by atoms with Gasteiger partial charge in [-0.25, -0.2) is 14.3 Å². The van der Waals surface area contributed by atoms with Crippen molar-refractivity contribution in [2.75, 3.05) is 5.73 Å². The number of hydrogen-bond acceptors (Lipinski definition) is 4. The Morgan fingerprint density at radius 3 is 2.65 bits per heavy atom. The third-order valence-corrected chi connectivity index (χ3v) is 2.69. The first-order valence-electron chi connectivity index (χ1n) is 4.66. The van der Waals surface area contributed by atoms with Crippen LogP contribution in [0, 0.1) is 6.92 Å². The molecule has 0 aliphatic carbocycles. The topological polar surface area (TPSA) is 73.8 Å². The summed E-state index contributed by atoms with van der Waals surface area (Å²) in [4.78, 5) is 19.0. The van der Waals surface area contributed by atoms with E-state index in [-0.39, 0.29) is 5.95 Å². The van der Waals surface area contributed by atoms with Crippen LogP contribution in [0.2, 0.25) is 10.0 Å². The van der Waals surface area contributed by atoms with Crippen molar-refractivity contribution in [3.05, 3.63) is 44.6 Å². The van der Waals surface area contributed by atoms with Crippen molar-refractivity contribution in [1.82, 2.24) is 14.5 Å². The van der Waals surface area contributed by atoms with E-state index in [9.17, 15) is 4.79 Å². The van der Waals surface area contributed by atoms with Crippen LogP contribution >= 0.6 is 23.2 Å². The maximum atomic E-state index is 11.7. The molecule has 1 aromatic carbocycles. The highest BCUT2D eigenvalue weighted by atomic mass is 35.5. The molecule has 0 spiro atoms. The van der Waals surface area contributed by atoms with Crippen molar-refractivity contribution in [3.8, 4) is 5.69 Å². The lowest BCUT2D eigenvalue weighted by atomic mass is 10.2. The SMILES string of the molecule is Cc1cc(Cl)cc(Cl)c1-n1cnc(N)nc1=O. The Labute approximate surface area is 107 Å². The van der Waals surface area contributed by atoms with Crippen LogP contribution in [0.3, 0.4) is 0 Å². The van der Waals surface area contributed by atoms with Crippen LogP contribution in [0.5, 0.6) is 0 Å². The third kappa shape index (κ3) is 2.25. The minimum Gasteiger partial charge on any atom is -0.368 e. The van der Waals surface area contributed by atoms with Crippen molar-refractivity contribution in [1.29, 1.82) is 0 Å². The number of nitrogen functional groups attached to an aromatic ring is 1. The van der Waals surface area contributed by atoms with Crippen LogP contribution < -0.4 is 11.4 Å². The highest BCUT2D eigenvalue weighted by Crippen LogP contribution is 2.27. The summed E-state index contributed by atoms with van der Waals surface area (Å²) in [6.07, 6.45) is 1.28. The molecule has 0 radical (unpaired) electrons. The molecule has 0 amide bonds. The maximum Gasteiger partial charge on any atom is 0.356 e. The Hall–Kier alpha value is -1.59. The molecule has 2 rings (SSSR count). The summed E-state index contributed by atoms with van der Waals surface area (Å²) in [7, 11) is 0. The quantitative estimate of drug-likeness (QED) is 0.858. The fraction of sp³-hybridized carbons (Fsp3) is 0.100. The van der Waals surface area contributed by atoms with Crippen LogP contribution in [0.15, 0.2) is 23.3 Å². The second kappa shape index (κ2) is 4.35. The van der Waals surface area contributed by atoms with E-state index in [2.05, 4.69) is 9.97 Å². The molecule has 1 aromatic heterocycles. The Bertz CT molecular complexity index is 615. The fourth-order valence-corrected chi connectivity index (χ4v) is 2.19. The molecule has 2 N–H and O–H groups in total. The summed E-state index contributed by atoms with van der Waals surface area (Å²) in [6, 6.07) is 3.25. The zero-order chi connectivity index (χ0) is 12.6. The monoisotopic (exact) mass is 270 g/mol. The van der Waals surface area contributed by atoms with Gasteiger partial charge in [-0.2, -0.15) is 4.98 Å². The van der Waals surface area contributed by atoms with E-state index in [1.807, 2.05) is 0 Å². The normalized spacial score (nSPS) is 10.5.